The number of ether oxygens (including phenoxy) is 1. The summed E-state index contributed by atoms with van der Waals surface area (Å²) in [5.74, 6) is 1.83. The van der Waals surface area contributed by atoms with Crippen molar-refractivity contribution in [1.82, 2.24) is 10.2 Å². The first-order valence-corrected chi connectivity index (χ1v) is 11.8. The molecular weight excluding hydrogens is 408 g/mol. The van der Waals surface area contributed by atoms with Gasteiger partial charge in [-0.15, -0.1) is 0 Å². The number of halogens is 1. The third-order valence-corrected chi connectivity index (χ3v) is 7.08. The average Bonchev–Trinajstić information content (AvgIpc) is 3.25. The molecule has 0 atom stereocenters. The fourth-order valence-electron chi connectivity index (χ4n) is 5.07. The highest BCUT2D eigenvalue weighted by molar-refractivity contribution is 6.31. The average molecular weight is 441 g/mol. The quantitative estimate of drug-likeness (QED) is 0.629. The van der Waals surface area contributed by atoms with Crippen molar-refractivity contribution in [3.8, 4) is 5.75 Å². The maximum absolute atomic E-state index is 11.7. The highest BCUT2D eigenvalue weighted by Gasteiger charge is 2.31. The first-order valence-electron chi connectivity index (χ1n) is 11.4. The van der Waals surface area contributed by atoms with Gasteiger partial charge in [0.25, 0.3) is 0 Å². The zero-order valence-electron chi connectivity index (χ0n) is 18.8. The maximum Gasteiger partial charge on any atom is 0.225 e. The van der Waals surface area contributed by atoms with Crippen LogP contribution >= 0.6 is 11.6 Å². The van der Waals surface area contributed by atoms with Gasteiger partial charge in [-0.05, 0) is 66.5 Å². The topological polar surface area (TPSA) is 41.6 Å². The lowest BCUT2D eigenvalue weighted by Crippen LogP contribution is -2.52. The number of nitrogens with zero attached hydrogens (tertiary/aromatic N) is 1. The van der Waals surface area contributed by atoms with Crippen LogP contribution in [0, 0.1) is 19.8 Å². The number of aryl methyl sites for hydroxylation is 2. The second-order valence-corrected chi connectivity index (χ2v) is 9.60. The van der Waals surface area contributed by atoms with Crippen LogP contribution in [0.1, 0.15) is 59.4 Å². The molecule has 1 saturated heterocycles. The smallest absolute Gasteiger partial charge is 0.225 e. The molecule has 0 spiro atoms. The van der Waals surface area contributed by atoms with E-state index in [1.165, 1.54) is 42.4 Å². The van der Waals surface area contributed by atoms with Crippen LogP contribution in [0.15, 0.2) is 30.3 Å². The first-order chi connectivity index (χ1) is 14.9. The molecule has 4 rings (SSSR count). The molecule has 2 aromatic carbocycles. The van der Waals surface area contributed by atoms with Gasteiger partial charge in [-0.3, -0.25) is 9.69 Å². The summed E-state index contributed by atoms with van der Waals surface area (Å²) < 4.78 is 6.26. The summed E-state index contributed by atoms with van der Waals surface area (Å²) in [4.78, 5) is 14.0. The Morgan fingerprint density at radius 2 is 1.77 bits per heavy atom. The summed E-state index contributed by atoms with van der Waals surface area (Å²) in [6.45, 7) is 7.31. The molecule has 0 radical (unpaired) electrons. The van der Waals surface area contributed by atoms with E-state index in [0.717, 1.165) is 41.5 Å². The van der Waals surface area contributed by atoms with Crippen LogP contribution in [0.4, 0.5) is 0 Å². The Labute approximate surface area is 190 Å². The van der Waals surface area contributed by atoms with Gasteiger partial charge in [0, 0.05) is 31.7 Å². The molecule has 0 aromatic heterocycles. The highest BCUT2D eigenvalue weighted by atomic mass is 35.5. The Morgan fingerprint density at radius 1 is 1.10 bits per heavy atom. The van der Waals surface area contributed by atoms with Crippen LogP contribution in [0.2, 0.25) is 5.02 Å². The molecule has 1 N–H and O–H groups in total. The monoisotopic (exact) mass is 440 g/mol. The summed E-state index contributed by atoms with van der Waals surface area (Å²) in [6, 6.07) is 10.8. The molecular formula is C26H33ClN2O2. The minimum Gasteiger partial charge on any atom is -0.488 e. The summed E-state index contributed by atoms with van der Waals surface area (Å²) >= 11 is 6.49. The van der Waals surface area contributed by atoms with Gasteiger partial charge >= 0.3 is 0 Å². The molecule has 1 saturated carbocycles. The Morgan fingerprint density at radius 3 is 2.42 bits per heavy atom. The molecule has 2 fully saturated rings. The maximum atomic E-state index is 11.7. The number of carbonyl (C=O) groups is 1. The van der Waals surface area contributed by atoms with Crippen molar-refractivity contribution in [3.05, 3.63) is 63.2 Å². The molecule has 1 heterocycles. The van der Waals surface area contributed by atoms with Crippen molar-refractivity contribution < 1.29 is 9.53 Å². The third-order valence-electron chi connectivity index (χ3n) is 6.74. The predicted octanol–water partition coefficient (Wildman–Crippen LogP) is 5.37. The van der Waals surface area contributed by atoms with Crippen LogP contribution in [-0.4, -0.2) is 30.9 Å². The first kappa shape index (κ1) is 22.2. The minimum atomic E-state index is 0.128. The van der Waals surface area contributed by atoms with Crippen molar-refractivity contribution >= 4 is 17.5 Å². The Hall–Kier alpha value is -2.04. The van der Waals surface area contributed by atoms with E-state index in [9.17, 15) is 4.79 Å². The molecule has 2 aromatic rings. The number of hydrogen-bond donors (Lipinski definition) is 1. The molecule has 1 aliphatic carbocycles. The van der Waals surface area contributed by atoms with Crippen LogP contribution in [0.25, 0.3) is 0 Å². The van der Waals surface area contributed by atoms with Crippen LogP contribution < -0.4 is 10.1 Å². The SMILES string of the molecule is CNC(=O)C1CN(Cc2cc(C)c(OCc3ccc(Cl)c(C4CCCC4)c3)c(C)c2)C1. The molecule has 1 amide bonds. The normalized spacial score (nSPS) is 17.5. The second-order valence-electron chi connectivity index (χ2n) is 9.19. The van der Waals surface area contributed by atoms with Crippen molar-refractivity contribution in [2.45, 2.75) is 58.6 Å². The van der Waals surface area contributed by atoms with Gasteiger partial charge in [-0.2, -0.15) is 0 Å². The fourth-order valence-corrected chi connectivity index (χ4v) is 5.35. The number of hydrogen-bond acceptors (Lipinski definition) is 3. The van der Waals surface area contributed by atoms with Crippen LogP contribution in [-0.2, 0) is 17.9 Å². The number of likely N-dealkylation sites (tertiary alicyclic amines) is 1. The lowest BCUT2D eigenvalue weighted by molar-refractivity contribution is -0.129. The third kappa shape index (κ3) is 5.07. The molecule has 4 nitrogen and oxygen atoms in total. The van der Waals surface area contributed by atoms with Gasteiger partial charge in [0.1, 0.15) is 12.4 Å². The van der Waals surface area contributed by atoms with E-state index >= 15 is 0 Å². The number of rotatable bonds is 7. The Balaban J connectivity index is 1.38. The van der Waals surface area contributed by atoms with E-state index in [-0.39, 0.29) is 11.8 Å². The summed E-state index contributed by atoms with van der Waals surface area (Å²) in [5, 5.41) is 3.62. The van der Waals surface area contributed by atoms with Gasteiger partial charge < -0.3 is 10.1 Å². The number of carbonyl (C=O) groups excluding carboxylic acids is 1. The van der Waals surface area contributed by atoms with Crippen molar-refractivity contribution in [3.63, 3.8) is 0 Å². The van der Waals surface area contributed by atoms with Crippen molar-refractivity contribution in [2.24, 2.45) is 5.92 Å². The molecule has 0 bridgehead atoms. The lowest BCUT2D eigenvalue weighted by atomic mass is 9.96. The van der Waals surface area contributed by atoms with Gasteiger partial charge in [-0.25, -0.2) is 0 Å². The van der Waals surface area contributed by atoms with E-state index in [1.54, 1.807) is 7.05 Å². The van der Waals surface area contributed by atoms with Crippen molar-refractivity contribution in [1.29, 1.82) is 0 Å². The van der Waals surface area contributed by atoms with Gasteiger partial charge in [0.05, 0.1) is 5.92 Å². The van der Waals surface area contributed by atoms with Gasteiger partial charge in [0.2, 0.25) is 5.91 Å². The molecule has 31 heavy (non-hydrogen) atoms. The van der Waals surface area contributed by atoms with Crippen molar-refractivity contribution in [2.75, 3.05) is 20.1 Å². The molecule has 5 heteroatoms. The fraction of sp³-hybridized carbons (Fsp3) is 0.500. The summed E-state index contributed by atoms with van der Waals surface area (Å²) in [5.41, 5.74) is 6.04. The van der Waals surface area contributed by atoms with Gasteiger partial charge in [-0.1, -0.05) is 48.7 Å². The molecule has 2 aliphatic rings. The lowest BCUT2D eigenvalue weighted by Gasteiger charge is -2.38. The largest absolute Gasteiger partial charge is 0.488 e. The Bertz CT molecular complexity index is 923. The van der Waals surface area contributed by atoms with E-state index in [1.807, 2.05) is 6.07 Å². The standard InChI is InChI=1S/C26H33ClN2O2/c1-17-10-20(13-29-14-22(15-29)26(30)28-3)11-18(2)25(17)31-16-19-8-9-24(27)23(12-19)21-6-4-5-7-21/h8-12,21-22H,4-7,13-16H2,1-3H3,(H,28,30). The van der Waals surface area contributed by atoms with Gasteiger partial charge in [0.15, 0.2) is 0 Å². The van der Waals surface area contributed by atoms with E-state index < -0.39 is 0 Å². The summed E-state index contributed by atoms with van der Waals surface area (Å²) in [6.07, 6.45) is 5.09. The van der Waals surface area contributed by atoms with Crippen LogP contribution in [0.5, 0.6) is 5.75 Å². The second kappa shape index (κ2) is 9.62. The molecule has 166 valence electrons. The zero-order chi connectivity index (χ0) is 22.0. The predicted molar refractivity (Wildman–Crippen MR) is 126 cm³/mol. The zero-order valence-corrected chi connectivity index (χ0v) is 19.6. The van der Waals surface area contributed by atoms with Crippen LogP contribution in [0.3, 0.4) is 0 Å². The molecule has 0 unspecified atom stereocenters. The Kier molecular flexibility index (Phi) is 6.88. The minimum absolute atomic E-state index is 0.128. The van der Waals surface area contributed by atoms with E-state index in [2.05, 4.69) is 48.3 Å². The molecule has 1 aliphatic heterocycles. The highest BCUT2D eigenvalue weighted by Crippen LogP contribution is 2.38. The number of amides is 1. The van der Waals surface area contributed by atoms with E-state index in [0.29, 0.717) is 12.5 Å². The number of nitrogens with one attached hydrogen (secondary N) is 1. The summed E-state index contributed by atoms with van der Waals surface area (Å²) in [7, 11) is 1.70. The number of benzene rings is 2. The van der Waals surface area contributed by atoms with E-state index in [4.69, 9.17) is 16.3 Å².